The van der Waals surface area contributed by atoms with Crippen molar-refractivity contribution in [3.05, 3.63) is 0 Å². The summed E-state index contributed by atoms with van der Waals surface area (Å²) in [5.41, 5.74) is 0. The molecule has 0 spiro atoms. The molecule has 5 nitrogen and oxygen atoms in total. The first-order valence-corrected chi connectivity index (χ1v) is 11.8. The van der Waals surface area contributed by atoms with Gasteiger partial charge in [-0.25, -0.2) is 0 Å². The summed E-state index contributed by atoms with van der Waals surface area (Å²) >= 11 is 2.15. The molecule has 0 N–H and O–H groups in total. The highest BCUT2D eigenvalue weighted by Crippen LogP contribution is 2.45. The molecule has 6 heteroatoms. The Hall–Kier alpha value is -0.750. The molecule has 3 aliphatic heterocycles. The van der Waals surface area contributed by atoms with E-state index in [1.165, 1.54) is 19.3 Å². The van der Waals surface area contributed by atoms with Gasteiger partial charge in [0, 0.05) is 36.6 Å². The van der Waals surface area contributed by atoms with Crippen molar-refractivity contribution in [2.75, 3.05) is 13.2 Å². The summed E-state index contributed by atoms with van der Waals surface area (Å²) in [7, 11) is 0. The van der Waals surface area contributed by atoms with Gasteiger partial charge in [-0.3, -0.25) is 9.59 Å². The van der Waals surface area contributed by atoms with E-state index in [1.54, 1.807) is 6.92 Å². The van der Waals surface area contributed by atoms with Gasteiger partial charge in [-0.1, -0.05) is 6.92 Å². The van der Waals surface area contributed by atoms with Crippen LogP contribution in [0.4, 0.5) is 0 Å². The Morgan fingerprint density at radius 2 is 1.85 bits per heavy atom. The Morgan fingerprint density at radius 3 is 2.48 bits per heavy atom. The number of hydrogen-bond donors (Lipinski definition) is 0. The molecule has 4 rings (SSSR count). The third-order valence-electron chi connectivity index (χ3n) is 7.16. The first kappa shape index (κ1) is 19.6. The third-order valence-corrected chi connectivity index (χ3v) is 8.83. The molecule has 7 atom stereocenters. The van der Waals surface area contributed by atoms with Crippen LogP contribution in [0.25, 0.3) is 0 Å². The van der Waals surface area contributed by atoms with Crippen LogP contribution in [0, 0.1) is 5.92 Å². The largest absolute Gasteiger partial charge is 0.368 e. The lowest BCUT2D eigenvalue weighted by atomic mass is 9.76. The van der Waals surface area contributed by atoms with Crippen molar-refractivity contribution in [1.82, 2.24) is 9.80 Å². The standard InChI is InChI=1S/C21H34N2O3S/c1-13-12-22(21(25)19-5-4-10-26-19)18-11-16(20-9-6-14(2)27-20)7-8-17(18)23(13)15(3)24/h13-14,16-20H,4-12H2,1-3H3/t13-,14?,16?,17?,18?,19?,20?/m0/s1. The second kappa shape index (κ2) is 7.94. The molecule has 0 radical (unpaired) electrons. The number of hydrogen-bond acceptors (Lipinski definition) is 4. The van der Waals surface area contributed by atoms with Crippen molar-refractivity contribution in [1.29, 1.82) is 0 Å². The van der Waals surface area contributed by atoms with E-state index in [0.29, 0.717) is 19.1 Å². The zero-order valence-corrected chi connectivity index (χ0v) is 17.7. The van der Waals surface area contributed by atoms with Crippen molar-refractivity contribution >= 4 is 23.6 Å². The molecule has 4 aliphatic rings. The van der Waals surface area contributed by atoms with Crippen LogP contribution in [0.15, 0.2) is 0 Å². The van der Waals surface area contributed by atoms with Gasteiger partial charge in [0.25, 0.3) is 5.91 Å². The predicted molar refractivity (Wildman–Crippen MR) is 108 cm³/mol. The van der Waals surface area contributed by atoms with Gasteiger partial charge in [0.05, 0.1) is 12.1 Å². The fourth-order valence-electron chi connectivity index (χ4n) is 5.93. The van der Waals surface area contributed by atoms with Crippen LogP contribution in [0.1, 0.15) is 65.7 Å². The molecular weight excluding hydrogens is 360 g/mol. The van der Waals surface area contributed by atoms with E-state index in [0.717, 1.165) is 36.2 Å². The maximum Gasteiger partial charge on any atom is 0.252 e. The molecule has 1 saturated carbocycles. The summed E-state index contributed by atoms with van der Waals surface area (Å²) in [5.74, 6) is 0.998. The number of ether oxygens (including phenoxy) is 1. The first-order chi connectivity index (χ1) is 13.0. The quantitative estimate of drug-likeness (QED) is 0.722. The zero-order chi connectivity index (χ0) is 19.1. The van der Waals surface area contributed by atoms with E-state index in [9.17, 15) is 9.59 Å². The molecule has 0 bridgehead atoms. The summed E-state index contributed by atoms with van der Waals surface area (Å²) in [6, 6.07) is 0.431. The molecule has 3 heterocycles. The summed E-state index contributed by atoms with van der Waals surface area (Å²) in [6.45, 7) is 7.47. The minimum Gasteiger partial charge on any atom is -0.368 e. The van der Waals surface area contributed by atoms with E-state index < -0.39 is 0 Å². The second-order valence-electron chi connectivity index (χ2n) is 9.04. The molecule has 2 amide bonds. The average Bonchev–Trinajstić information content (AvgIpc) is 3.31. The van der Waals surface area contributed by atoms with Gasteiger partial charge in [0.1, 0.15) is 6.10 Å². The zero-order valence-electron chi connectivity index (χ0n) is 16.9. The van der Waals surface area contributed by atoms with E-state index in [2.05, 4.69) is 35.4 Å². The number of amides is 2. The van der Waals surface area contributed by atoms with Crippen LogP contribution in [-0.2, 0) is 14.3 Å². The fourth-order valence-corrected chi connectivity index (χ4v) is 7.54. The Labute approximate surface area is 167 Å². The molecule has 3 saturated heterocycles. The maximum atomic E-state index is 13.2. The number of carbonyl (C=O) groups excluding carboxylic acids is 2. The van der Waals surface area contributed by atoms with Crippen LogP contribution >= 0.6 is 11.8 Å². The van der Waals surface area contributed by atoms with Gasteiger partial charge < -0.3 is 14.5 Å². The molecule has 0 aromatic carbocycles. The van der Waals surface area contributed by atoms with E-state index >= 15 is 0 Å². The first-order valence-electron chi connectivity index (χ1n) is 10.8. The van der Waals surface area contributed by atoms with Crippen molar-refractivity contribution in [2.24, 2.45) is 5.92 Å². The third kappa shape index (κ3) is 3.76. The van der Waals surface area contributed by atoms with Crippen LogP contribution in [0.5, 0.6) is 0 Å². The van der Waals surface area contributed by atoms with Gasteiger partial charge >= 0.3 is 0 Å². The van der Waals surface area contributed by atoms with Gasteiger partial charge in [-0.05, 0) is 57.8 Å². The van der Waals surface area contributed by atoms with E-state index in [4.69, 9.17) is 4.74 Å². The van der Waals surface area contributed by atoms with Crippen LogP contribution in [0.3, 0.4) is 0 Å². The minimum atomic E-state index is -0.261. The van der Waals surface area contributed by atoms with Gasteiger partial charge in [-0.15, -0.1) is 0 Å². The van der Waals surface area contributed by atoms with E-state index in [-0.39, 0.29) is 36.0 Å². The normalized spacial score (nSPS) is 42.3. The van der Waals surface area contributed by atoms with Gasteiger partial charge in [0.2, 0.25) is 5.91 Å². The average molecular weight is 395 g/mol. The van der Waals surface area contributed by atoms with Gasteiger partial charge in [-0.2, -0.15) is 11.8 Å². The summed E-state index contributed by atoms with van der Waals surface area (Å²) in [4.78, 5) is 29.8. The van der Waals surface area contributed by atoms with Crippen molar-refractivity contribution in [3.8, 4) is 0 Å². The molecule has 4 fully saturated rings. The number of thioether (sulfide) groups is 1. The Balaban J connectivity index is 1.55. The highest BCUT2D eigenvalue weighted by Gasteiger charge is 2.49. The summed E-state index contributed by atoms with van der Waals surface area (Å²) < 4.78 is 5.72. The lowest BCUT2D eigenvalue weighted by Gasteiger charge is -2.54. The number of fused-ring (bicyclic) bond motifs is 1. The predicted octanol–water partition coefficient (Wildman–Crippen LogP) is 3.07. The molecule has 0 aromatic rings. The highest BCUT2D eigenvalue weighted by molar-refractivity contribution is 8.00. The van der Waals surface area contributed by atoms with Gasteiger partial charge in [0.15, 0.2) is 0 Å². The molecule has 27 heavy (non-hydrogen) atoms. The van der Waals surface area contributed by atoms with Crippen LogP contribution < -0.4 is 0 Å². The summed E-state index contributed by atoms with van der Waals surface area (Å²) in [5, 5.41) is 1.49. The monoisotopic (exact) mass is 394 g/mol. The lowest BCUT2D eigenvalue weighted by Crippen LogP contribution is -2.68. The van der Waals surface area contributed by atoms with E-state index in [1.807, 2.05) is 0 Å². The van der Waals surface area contributed by atoms with Crippen LogP contribution in [0.2, 0.25) is 0 Å². The molecule has 0 aromatic heterocycles. The number of rotatable bonds is 2. The second-order valence-corrected chi connectivity index (χ2v) is 10.7. The lowest BCUT2D eigenvalue weighted by molar-refractivity contribution is -0.160. The Morgan fingerprint density at radius 1 is 1.04 bits per heavy atom. The molecule has 6 unspecified atom stereocenters. The smallest absolute Gasteiger partial charge is 0.252 e. The molecular formula is C21H34N2O3S. The number of carbonyl (C=O) groups is 2. The van der Waals surface area contributed by atoms with Crippen molar-refractivity contribution in [2.45, 2.75) is 100 Å². The van der Waals surface area contributed by atoms with Crippen molar-refractivity contribution < 1.29 is 14.3 Å². The SMILES string of the molecule is CC(=O)N1C2CCC(C3CCC(C)S3)CC2N(C(=O)C2CCCO2)C[C@@H]1C. The fraction of sp³-hybridized carbons (Fsp3) is 0.905. The number of piperazine rings is 1. The van der Waals surface area contributed by atoms with Crippen LogP contribution in [-0.4, -0.2) is 69.5 Å². The molecule has 152 valence electrons. The number of nitrogens with zero attached hydrogens (tertiary/aromatic N) is 2. The topological polar surface area (TPSA) is 49.9 Å². The Kier molecular flexibility index (Phi) is 5.75. The Bertz CT molecular complexity index is 580. The highest BCUT2D eigenvalue weighted by atomic mass is 32.2. The van der Waals surface area contributed by atoms with Crippen molar-refractivity contribution in [3.63, 3.8) is 0 Å². The maximum absolute atomic E-state index is 13.2. The minimum absolute atomic E-state index is 0.0894. The summed E-state index contributed by atoms with van der Waals surface area (Å²) in [6.07, 6.45) is 7.44. The molecule has 1 aliphatic carbocycles.